The van der Waals surface area contributed by atoms with Crippen molar-refractivity contribution in [3.63, 3.8) is 0 Å². The molecule has 30 heavy (non-hydrogen) atoms. The fourth-order valence-electron chi connectivity index (χ4n) is 3.13. The van der Waals surface area contributed by atoms with E-state index in [0.717, 1.165) is 5.56 Å². The van der Waals surface area contributed by atoms with Crippen LogP contribution in [0.15, 0.2) is 71.9 Å². The Morgan fingerprint density at radius 1 is 1.10 bits per heavy atom. The van der Waals surface area contributed by atoms with Gasteiger partial charge in [0.25, 0.3) is 5.56 Å². The summed E-state index contributed by atoms with van der Waals surface area (Å²) in [5, 5.41) is 7.10. The van der Waals surface area contributed by atoms with Crippen LogP contribution in [0.25, 0.3) is 11.4 Å². The summed E-state index contributed by atoms with van der Waals surface area (Å²) in [6.45, 7) is 2.25. The number of hydrogen-bond acceptors (Lipinski definition) is 5. The maximum absolute atomic E-state index is 12.6. The van der Waals surface area contributed by atoms with Crippen LogP contribution in [0.3, 0.4) is 0 Å². The Balaban J connectivity index is 1.49. The van der Waals surface area contributed by atoms with E-state index in [0.29, 0.717) is 35.0 Å². The van der Waals surface area contributed by atoms with E-state index in [4.69, 9.17) is 0 Å². The smallest absolute Gasteiger partial charge is 0.255 e. The molecule has 0 unspecified atom stereocenters. The zero-order valence-electron chi connectivity index (χ0n) is 16.4. The van der Waals surface area contributed by atoms with Crippen molar-refractivity contribution in [2.75, 3.05) is 5.32 Å². The van der Waals surface area contributed by atoms with Crippen LogP contribution in [0.4, 0.5) is 5.82 Å². The van der Waals surface area contributed by atoms with Crippen molar-refractivity contribution in [2.24, 2.45) is 0 Å². The lowest BCUT2D eigenvalue weighted by molar-refractivity contribution is -0.115. The monoisotopic (exact) mass is 400 g/mol. The molecule has 8 nitrogen and oxygen atoms in total. The largest absolute Gasteiger partial charge is 0.311 e. The van der Waals surface area contributed by atoms with Gasteiger partial charge in [0, 0.05) is 35.3 Å². The van der Waals surface area contributed by atoms with Crippen LogP contribution in [0, 0.1) is 6.92 Å². The van der Waals surface area contributed by atoms with Gasteiger partial charge in [0.05, 0.1) is 19.2 Å². The zero-order valence-corrected chi connectivity index (χ0v) is 16.4. The molecule has 150 valence electrons. The Morgan fingerprint density at radius 2 is 1.93 bits per heavy atom. The van der Waals surface area contributed by atoms with Crippen molar-refractivity contribution in [1.29, 1.82) is 0 Å². The third-order valence-corrected chi connectivity index (χ3v) is 4.65. The minimum Gasteiger partial charge on any atom is -0.311 e. The lowest BCUT2D eigenvalue weighted by Gasteiger charge is -2.10. The predicted octanol–water partition coefficient (Wildman–Crippen LogP) is 2.57. The normalized spacial score (nSPS) is 10.7. The van der Waals surface area contributed by atoms with Crippen LogP contribution in [0.5, 0.6) is 0 Å². The molecule has 3 heterocycles. The SMILES string of the molecule is Cc1nc(-c2cccnc2)[nH]c(=O)c1CC(=O)Nc1ccnn1Cc1ccccc1. The van der Waals surface area contributed by atoms with Gasteiger partial charge in [-0.25, -0.2) is 9.67 Å². The van der Waals surface area contributed by atoms with E-state index in [2.05, 4.69) is 25.4 Å². The maximum Gasteiger partial charge on any atom is 0.255 e. The Bertz CT molecular complexity index is 1220. The molecule has 0 bridgehead atoms. The molecule has 0 aliphatic heterocycles. The quantitative estimate of drug-likeness (QED) is 0.517. The van der Waals surface area contributed by atoms with Gasteiger partial charge in [-0.2, -0.15) is 5.10 Å². The van der Waals surface area contributed by atoms with Crippen LogP contribution in [-0.2, 0) is 17.8 Å². The second kappa shape index (κ2) is 8.52. The van der Waals surface area contributed by atoms with Gasteiger partial charge in [0.1, 0.15) is 11.6 Å². The highest BCUT2D eigenvalue weighted by atomic mass is 16.2. The van der Waals surface area contributed by atoms with Gasteiger partial charge in [-0.15, -0.1) is 0 Å². The average molecular weight is 400 g/mol. The number of aromatic amines is 1. The predicted molar refractivity (Wildman–Crippen MR) is 113 cm³/mol. The van der Waals surface area contributed by atoms with E-state index >= 15 is 0 Å². The molecular formula is C22H20N6O2. The molecule has 4 rings (SSSR count). The molecular weight excluding hydrogens is 380 g/mol. The number of carbonyl (C=O) groups is 1. The Kier molecular flexibility index (Phi) is 5.47. The lowest BCUT2D eigenvalue weighted by atomic mass is 10.1. The van der Waals surface area contributed by atoms with Gasteiger partial charge in [-0.1, -0.05) is 30.3 Å². The molecule has 3 aromatic heterocycles. The number of nitrogens with one attached hydrogen (secondary N) is 2. The number of anilines is 1. The Labute approximate surface area is 172 Å². The molecule has 0 saturated carbocycles. The second-order valence-corrected chi connectivity index (χ2v) is 6.80. The third kappa shape index (κ3) is 4.33. The first-order chi connectivity index (χ1) is 14.6. The van der Waals surface area contributed by atoms with Crippen molar-refractivity contribution in [1.82, 2.24) is 24.7 Å². The molecule has 0 aliphatic rings. The molecule has 2 N–H and O–H groups in total. The summed E-state index contributed by atoms with van der Waals surface area (Å²) in [5.41, 5.74) is 2.27. The van der Waals surface area contributed by atoms with Gasteiger partial charge < -0.3 is 10.3 Å². The first kappa shape index (κ1) is 19.3. The summed E-state index contributed by atoms with van der Waals surface area (Å²) >= 11 is 0. The summed E-state index contributed by atoms with van der Waals surface area (Å²) in [6.07, 6.45) is 4.81. The Hall–Kier alpha value is -4.07. The average Bonchev–Trinajstić information content (AvgIpc) is 3.18. The molecule has 0 aliphatic carbocycles. The molecule has 0 atom stereocenters. The highest BCUT2D eigenvalue weighted by Gasteiger charge is 2.15. The highest BCUT2D eigenvalue weighted by Crippen LogP contribution is 2.14. The van der Waals surface area contributed by atoms with Gasteiger partial charge in [0.2, 0.25) is 5.91 Å². The number of nitrogens with zero attached hydrogens (tertiary/aromatic N) is 4. The van der Waals surface area contributed by atoms with Crippen LogP contribution in [0.2, 0.25) is 0 Å². The molecule has 1 amide bonds. The summed E-state index contributed by atoms with van der Waals surface area (Å²) in [6, 6.07) is 15.1. The van der Waals surface area contributed by atoms with E-state index in [-0.39, 0.29) is 17.9 Å². The van der Waals surface area contributed by atoms with Gasteiger partial charge in [0.15, 0.2) is 0 Å². The molecule has 0 radical (unpaired) electrons. The molecule has 0 saturated heterocycles. The van der Waals surface area contributed by atoms with E-state index < -0.39 is 0 Å². The third-order valence-electron chi connectivity index (χ3n) is 4.65. The first-order valence-corrected chi connectivity index (χ1v) is 9.46. The zero-order chi connectivity index (χ0) is 20.9. The number of amides is 1. The van der Waals surface area contributed by atoms with Crippen molar-refractivity contribution >= 4 is 11.7 Å². The molecule has 8 heteroatoms. The number of benzene rings is 1. The molecule has 0 fully saturated rings. The number of pyridine rings is 1. The van der Waals surface area contributed by atoms with E-state index in [1.165, 1.54) is 0 Å². The highest BCUT2D eigenvalue weighted by molar-refractivity contribution is 5.91. The Morgan fingerprint density at radius 3 is 2.67 bits per heavy atom. The van der Waals surface area contributed by atoms with Gasteiger partial charge in [-0.3, -0.25) is 14.6 Å². The maximum atomic E-state index is 12.6. The van der Waals surface area contributed by atoms with Crippen LogP contribution in [0.1, 0.15) is 16.8 Å². The number of aromatic nitrogens is 5. The van der Waals surface area contributed by atoms with E-state index in [1.54, 1.807) is 42.3 Å². The first-order valence-electron chi connectivity index (χ1n) is 9.46. The molecule has 1 aromatic carbocycles. The number of carbonyl (C=O) groups excluding carboxylic acids is 1. The summed E-state index contributed by atoms with van der Waals surface area (Å²) in [7, 11) is 0. The fraction of sp³-hybridized carbons (Fsp3) is 0.136. The fourth-order valence-corrected chi connectivity index (χ4v) is 3.13. The molecule has 4 aromatic rings. The summed E-state index contributed by atoms with van der Waals surface area (Å²) < 4.78 is 1.70. The van der Waals surface area contributed by atoms with Crippen LogP contribution in [-0.4, -0.2) is 30.6 Å². The van der Waals surface area contributed by atoms with Crippen LogP contribution < -0.4 is 10.9 Å². The second-order valence-electron chi connectivity index (χ2n) is 6.80. The number of rotatable bonds is 6. The van der Waals surface area contributed by atoms with Crippen LogP contribution >= 0.6 is 0 Å². The lowest BCUT2D eigenvalue weighted by Crippen LogP contribution is -2.24. The summed E-state index contributed by atoms with van der Waals surface area (Å²) in [5.74, 6) is 0.683. The van der Waals surface area contributed by atoms with Crippen molar-refractivity contribution in [3.8, 4) is 11.4 Å². The van der Waals surface area contributed by atoms with Crippen molar-refractivity contribution in [3.05, 3.63) is 94.3 Å². The van der Waals surface area contributed by atoms with Crippen molar-refractivity contribution in [2.45, 2.75) is 19.9 Å². The number of aryl methyl sites for hydroxylation is 1. The van der Waals surface area contributed by atoms with Crippen molar-refractivity contribution < 1.29 is 4.79 Å². The van der Waals surface area contributed by atoms with E-state index in [1.807, 2.05) is 36.4 Å². The number of hydrogen-bond donors (Lipinski definition) is 2. The molecule has 0 spiro atoms. The van der Waals surface area contributed by atoms with Gasteiger partial charge >= 0.3 is 0 Å². The minimum absolute atomic E-state index is 0.0853. The number of H-pyrrole nitrogens is 1. The topological polar surface area (TPSA) is 106 Å². The van der Waals surface area contributed by atoms with E-state index in [9.17, 15) is 9.59 Å². The summed E-state index contributed by atoms with van der Waals surface area (Å²) in [4.78, 5) is 36.4. The minimum atomic E-state index is -0.339. The standard InChI is InChI=1S/C22H20N6O2/c1-15-18(22(30)27-21(25-15)17-8-5-10-23-13-17)12-20(29)26-19-9-11-24-28(19)14-16-6-3-2-4-7-16/h2-11,13H,12,14H2,1H3,(H,26,29)(H,25,27,30). The van der Waals surface area contributed by atoms with Gasteiger partial charge in [-0.05, 0) is 24.6 Å².